The Morgan fingerprint density at radius 3 is 2.00 bits per heavy atom. The fourth-order valence-corrected chi connectivity index (χ4v) is 5.96. The van der Waals surface area contributed by atoms with Crippen LogP contribution in [0.4, 0.5) is 11.4 Å². The van der Waals surface area contributed by atoms with Crippen LogP contribution >= 0.6 is 11.3 Å². The first-order valence-electron chi connectivity index (χ1n) is 11.1. The average Bonchev–Trinajstić information content (AvgIpc) is 3.40. The second kappa shape index (κ2) is 7.22. The fraction of sp³-hybridized carbons (Fsp3) is 0. The molecule has 0 aliphatic rings. The lowest BCUT2D eigenvalue weighted by Gasteiger charge is -2.09. The third kappa shape index (κ3) is 2.94. The summed E-state index contributed by atoms with van der Waals surface area (Å²) in [6.45, 7) is 0. The molecule has 0 bridgehead atoms. The first kappa shape index (κ1) is 18.5. The maximum absolute atomic E-state index is 3.65. The molecule has 0 saturated heterocycles. The zero-order valence-electron chi connectivity index (χ0n) is 17.8. The van der Waals surface area contributed by atoms with Crippen LogP contribution in [0.2, 0.25) is 0 Å². The Bertz CT molecular complexity index is 1790. The van der Waals surface area contributed by atoms with Gasteiger partial charge in [0.1, 0.15) is 0 Å². The highest BCUT2D eigenvalue weighted by atomic mass is 32.1. The number of hydrogen-bond donors (Lipinski definition) is 1. The van der Waals surface area contributed by atoms with Crippen molar-refractivity contribution in [3.8, 4) is 5.69 Å². The minimum absolute atomic E-state index is 1.09. The summed E-state index contributed by atoms with van der Waals surface area (Å²) < 4.78 is 5.00. The van der Waals surface area contributed by atoms with Crippen LogP contribution in [0.1, 0.15) is 0 Å². The maximum Gasteiger partial charge on any atom is 0.0542 e. The second-order valence-corrected chi connectivity index (χ2v) is 9.44. The van der Waals surface area contributed by atoms with Crippen LogP contribution in [0.5, 0.6) is 0 Å². The van der Waals surface area contributed by atoms with Crippen molar-refractivity contribution in [1.82, 2.24) is 4.57 Å². The topological polar surface area (TPSA) is 17.0 Å². The van der Waals surface area contributed by atoms with E-state index in [1.807, 2.05) is 11.3 Å². The van der Waals surface area contributed by atoms with E-state index in [1.54, 1.807) is 0 Å². The molecule has 2 heterocycles. The standard InChI is InChI=1S/C30H20N2S/c1-2-8-22(9-3-1)32-27-12-6-4-10-23(27)25-18-20(14-16-28(25)32)31-21-15-17-30-26(19-21)24-11-5-7-13-29(24)33-30/h1-19,31H. The van der Waals surface area contributed by atoms with E-state index < -0.39 is 0 Å². The molecule has 0 radical (unpaired) electrons. The number of benzene rings is 5. The zero-order valence-corrected chi connectivity index (χ0v) is 18.6. The van der Waals surface area contributed by atoms with Gasteiger partial charge >= 0.3 is 0 Å². The normalized spacial score (nSPS) is 11.6. The Morgan fingerprint density at radius 2 is 1.12 bits per heavy atom. The third-order valence-corrected chi connectivity index (χ3v) is 7.50. The summed E-state index contributed by atoms with van der Waals surface area (Å²) in [5.74, 6) is 0. The number of nitrogens with zero attached hydrogens (tertiary/aromatic N) is 1. The molecule has 7 aromatic rings. The summed E-state index contributed by atoms with van der Waals surface area (Å²) in [7, 11) is 0. The highest BCUT2D eigenvalue weighted by Crippen LogP contribution is 2.37. The molecule has 0 fully saturated rings. The van der Waals surface area contributed by atoms with Gasteiger partial charge in [0.15, 0.2) is 0 Å². The molecule has 0 amide bonds. The predicted octanol–water partition coefficient (Wildman–Crippen LogP) is 8.90. The van der Waals surface area contributed by atoms with E-state index in [0.717, 1.165) is 11.4 Å². The first-order valence-corrected chi connectivity index (χ1v) is 11.9. The van der Waals surface area contributed by atoms with Gasteiger partial charge in [-0.1, -0.05) is 54.6 Å². The molecule has 1 N–H and O–H groups in total. The number of para-hydroxylation sites is 2. The molecular weight excluding hydrogens is 420 g/mol. The molecule has 2 aromatic heterocycles. The molecule has 156 valence electrons. The summed E-state index contributed by atoms with van der Waals surface area (Å²) >= 11 is 1.85. The first-order chi connectivity index (χ1) is 16.3. The van der Waals surface area contributed by atoms with Crippen molar-refractivity contribution in [3.05, 3.63) is 115 Å². The van der Waals surface area contributed by atoms with E-state index in [4.69, 9.17) is 0 Å². The van der Waals surface area contributed by atoms with E-state index in [0.29, 0.717) is 0 Å². The van der Waals surface area contributed by atoms with E-state index in [-0.39, 0.29) is 0 Å². The molecule has 0 aliphatic carbocycles. The average molecular weight is 441 g/mol. The third-order valence-electron chi connectivity index (χ3n) is 6.35. The lowest BCUT2D eigenvalue weighted by Crippen LogP contribution is -1.93. The number of thiophene rings is 1. The van der Waals surface area contributed by atoms with Gasteiger partial charge < -0.3 is 9.88 Å². The van der Waals surface area contributed by atoms with Crippen molar-refractivity contribution in [1.29, 1.82) is 0 Å². The summed E-state index contributed by atoms with van der Waals surface area (Å²) in [6.07, 6.45) is 0. The largest absolute Gasteiger partial charge is 0.355 e. The van der Waals surface area contributed by atoms with Crippen LogP contribution in [0, 0.1) is 0 Å². The van der Waals surface area contributed by atoms with Gasteiger partial charge in [-0.05, 0) is 60.7 Å². The van der Waals surface area contributed by atoms with Crippen LogP contribution in [0.3, 0.4) is 0 Å². The summed E-state index contributed by atoms with van der Waals surface area (Å²) in [5, 5.41) is 8.80. The lowest BCUT2D eigenvalue weighted by atomic mass is 10.1. The molecule has 7 rings (SSSR count). The van der Waals surface area contributed by atoms with Crippen molar-refractivity contribution in [3.63, 3.8) is 0 Å². The summed E-state index contributed by atoms with van der Waals surface area (Å²) in [6, 6.07) is 41.2. The van der Waals surface area contributed by atoms with Gasteiger partial charge in [-0.15, -0.1) is 11.3 Å². The molecule has 0 saturated carbocycles. The van der Waals surface area contributed by atoms with Crippen LogP contribution in [-0.2, 0) is 0 Å². The van der Waals surface area contributed by atoms with Crippen LogP contribution < -0.4 is 5.32 Å². The van der Waals surface area contributed by atoms with Gasteiger partial charge in [0.2, 0.25) is 0 Å². The zero-order chi connectivity index (χ0) is 21.8. The molecule has 3 heteroatoms. The quantitative estimate of drug-likeness (QED) is 0.290. The van der Waals surface area contributed by atoms with Crippen molar-refractivity contribution >= 4 is 64.7 Å². The monoisotopic (exact) mass is 440 g/mol. The van der Waals surface area contributed by atoms with Gasteiger partial charge in [-0.3, -0.25) is 0 Å². The minimum atomic E-state index is 1.09. The second-order valence-electron chi connectivity index (χ2n) is 8.35. The number of hydrogen-bond acceptors (Lipinski definition) is 2. The molecule has 0 spiro atoms. The summed E-state index contributed by atoms with van der Waals surface area (Å²) in [5.41, 5.74) is 5.82. The molecule has 5 aromatic carbocycles. The highest BCUT2D eigenvalue weighted by molar-refractivity contribution is 7.25. The van der Waals surface area contributed by atoms with Crippen molar-refractivity contribution in [2.24, 2.45) is 0 Å². The van der Waals surface area contributed by atoms with Crippen molar-refractivity contribution in [2.75, 3.05) is 5.32 Å². The van der Waals surface area contributed by atoms with E-state index in [9.17, 15) is 0 Å². The van der Waals surface area contributed by atoms with Gasteiger partial charge in [0.05, 0.1) is 11.0 Å². The SMILES string of the molecule is c1ccc(-n2c3ccccc3c3cc(Nc4ccc5sc6ccccc6c5c4)ccc32)cc1. The van der Waals surface area contributed by atoms with Crippen LogP contribution in [0.15, 0.2) is 115 Å². The Hall–Kier alpha value is -4.08. The molecular formula is C30H20N2S. The van der Waals surface area contributed by atoms with Gasteiger partial charge in [-0.25, -0.2) is 0 Å². The molecule has 2 nitrogen and oxygen atoms in total. The van der Waals surface area contributed by atoms with Crippen LogP contribution in [0.25, 0.3) is 47.7 Å². The van der Waals surface area contributed by atoms with Gasteiger partial charge in [0, 0.05) is 48.0 Å². The molecule has 0 aliphatic heterocycles. The molecule has 33 heavy (non-hydrogen) atoms. The Balaban J connectivity index is 1.37. The predicted molar refractivity (Wildman–Crippen MR) is 143 cm³/mol. The number of fused-ring (bicyclic) bond motifs is 6. The molecule has 0 unspecified atom stereocenters. The maximum atomic E-state index is 3.65. The molecule has 0 atom stereocenters. The van der Waals surface area contributed by atoms with Gasteiger partial charge in [0.25, 0.3) is 0 Å². The van der Waals surface area contributed by atoms with Crippen molar-refractivity contribution < 1.29 is 0 Å². The van der Waals surface area contributed by atoms with Crippen LogP contribution in [-0.4, -0.2) is 4.57 Å². The Kier molecular flexibility index (Phi) is 4.05. The Labute approximate surface area is 195 Å². The Morgan fingerprint density at radius 1 is 0.485 bits per heavy atom. The number of nitrogens with one attached hydrogen (secondary N) is 1. The lowest BCUT2D eigenvalue weighted by molar-refractivity contribution is 1.18. The smallest absolute Gasteiger partial charge is 0.0542 e. The summed E-state index contributed by atoms with van der Waals surface area (Å²) in [4.78, 5) is 0. The van der Waals surface area contributed by atoms with E-state index in [2.05, 4.69) is 125 Å². The van der Waals surface area contributed by atoms with E-state index in [1.165, 1.54) is 47.7 Å². The highest BCUT2D eigenvalue weighted by Gasteiger charge is 2.12. The van der Waals surface area contributed by atoms with Crippen molar-refractivity contribution in [2.45, 2.75) is 0 Å². The number of anilines is 2. The van der Waals surface area contributed by atoms with E-state index >= 15 is 0 Å². The number of rotatable bonds is 3. The number of aromatic nitrogens is 1. The fourth-order valence-electron chi connectivity index (χ4n) is 4.88. The minimum Gasteiger partial charge on any atom is -0.355 e. The van der Waals surface area contributed by atoms with Gasteiger partial charge in [-0.2, -0.15) is 0 Å².